The first-order valence-electron chi connectivity index (χ1n) is 6.61. The molecule has 112 valence electrons. The Hall–Kier alpha value is -1.21. The summed E-state index contributed by atoms with van der Waals surface area (Å²) in [4.78, 5) is 4.31. The van der Waals surface area contributed by atoms with E-state index in [2.05, 4.69) is 9.71 Å². The average molecular weight is 327 g/mol. The predicted octanol–water partition coefficient (Wildman–Crippen LogP) is 1.94. The Bertz CT molecular complexity index is 788. The molecule has 7 heteroatoms. The first kappa shape index (κ1) is 14.7. The lowest BCUT2D eigenvalue weighted by molar-refractivity contribution is 0.213. The standard InChI is InChI=1S/C14H15ClN2O3S/c15-13-4-1-10-7-11(2-3-12(10)17-13)21(19,20)16-8-14(9-18)5-6-14/h1-4,7,16,18H,5-6,8-9H2. The van der Waals surface area contributed by atoms with Crippen molar-refractivity contribution in [3.63, 3.8) is 0 Å². The molecule has 1 saturated carbocycles. The summed E-state index contributed by atoms with van der Waals surface area (Å²) in [5.41, 5.74) is 0.384. The van der Waals surface area contributed by atoms with Crippen LogP contribution in [0.1, 0.15) is 12.8 Å². The van der Waals surface area contributed by atoms with Gasteiger partial charge in [-0.15, -0.1) is 0 Å². The molecule has 0 saturated heterocycles. The molecule has 21 heavy (non-hydrogen) atoms. The van der Waals surface area contributed by atoms with E-state index >= 15 is 0 Å². The average Bonchev–Trinajstić information content (AvgIpc) is 3.25. The lowest BCUT2D eigenvalue weighted by Crippen LogP contribution is -2.31. The highest BCUT2D eigenvalue weighted by atomic mass is 35.5. The van der Waals surface area contributed by atoms with Crippen LogP contribution in [0.15, 0.2) is 35.2 Å². The van der Waals surface area contributed by atoms with Crippen LogP contribution in [0.4, 0.5) is 0 Å². The number of aliphatic hydroxyl groups is 1. The highest BCUT2D eigenvalue weighted by molar-refractivity contribution is 7.89. The Labute approximate surface area is 128 Å². The van der Waals surface area contributed by atoms with Crippen molar-refractivity contribution in [1.29, 1.82) is 0 Å². The zero-order valence-corrected chi connectivity index (χ0v) is 12.8. The molecular formula is C14H15ClN2O3S. The minimum Gasteiger partial charge on any atom is -0.396 e. The van der Waals surface area contributed by atoms with Crippen molar-refractivity contribution >= 4 is 32.5 Å². The van der Waals surface area contributed by atoms with Gasteiger partial charge >= 0.3 is 0 Å². The van der Waals surface area contributed by atoms with Gasteiger partial charge in [0.15, 0.2) is 0 Å². The number of nitrogens with one attached hydrogen (secondary N) is 1. The Kier molecular flexibility index (Phi) is 3.65. The second kappa shape index (κ2) is 5.21. The molecule has 1 aromatic heterocycles. The molecule has 3 rings (SSSR count). The molecular weight excluding hydrogens is 312 g/mol. The van der Waals surface area contributed by atoms with Crippen LogP contribution < -0.4 is 4.72 Å². The molecule has 1 aromatic carbocycles. The highest BCUT2D eigenvalue weighted by Gasteiger charge is 2.42. The first-order valence-corrected chi connectivity index (χ1v) is 8.47. The van der Waals surface area contributed by atoms with Crippen molar-refractivity contribution in [3.05, 3.63) is 35.5 Å². The molecule has 2 aromatic rings. The smallest absolute Gasteiger partial charge is 0.240 e. The number of hydrogen-bond acceptors (Lipinski definition) is 4. The lowest BCUT2D eigenvalue weighted by Gasteiger charge is -2.13. The molecule has 0 aliphatic heterocycles. The summed E-state index contributed by atoms with van der Waals surface area (Å²) < 4.78 is 27.2. The molecule has 0 radical (unpaired) electrons. The molecule has 0 atom stereocenters. The number of fused-ring (bicyclic) bond motifs is 1. The summed E-state index contributed by atoms with van der Waals surface area (Å²) in [6.07, 6.45) is 1.71. The van der Waals surface area contributed by atoms with Crippen LogP contribution in [0.2, 0.25) is 5.15 Å². The van der Waals surface area contributed by atoms with Crippen molar-refractivity contribution in [1.82, 2.24) is 9.71 Å². The number of nitrogens with zero attached hydrogens (tertiary/aromatic N) is 1. The van der Waals surface area contributed by atoms with Crippen LogP contribution in [-0.2, 0) is 10.0 Å². The van der Waals surface area contributed by atoms with Gasteiger partial charge < -0.3 is 5.11 Å². The first-order chi connectivity index (χ1) is 9.94. The fraction of sp³-hybridized carbons (Fsp3) is 0.357. The zero-order chi connectivity index (χ0) is 15.1. The van der Waals surface area contributed by atoms with Gasteiger partial charge in [-0.1, -0.05) is 11.6 Å². The summed E-state index contributed by atoms with van der Waals surface area (Å²) in [5.74, 6) is 0. The molecule has 0 unspecified atom stereocenters. The van der Waals surface area contributed by atoms with Gasteiger partial charge in [0.2, 0.25) is 10.0 Å². The van der Waals surface area contributed by atoms with Crippen LogP contribution in [-0.4, -0.2) is 31.7 Å². The van der Waals surface area contributed by atoms with Gasteiger partial charge in [-0.05, 0) is 43.2 Å². The molecule has 0 amide bonds. The van der Waals surface area contributed by atoms with Crippen LogP contribution in [0, 0.1) is 5.41 Å². The second-order valence-electron chi connectivity index (χ2n) is 5.47. The van der Waals surface area contributed by atoms with E-state index in [0.29, 0.717) is 16.1 Å². The minimum absolute atomic E-state index is 0.00958. The summed E-state index contributed by atoms with van der Waals surface area (Å²) >= 11 is 5.81. The fourth-order valence-electron chi connectivity index (χ4n) is 2.14. The molecule has 2 N–H and O–H groups in total. The zero-order valence-electron chi connectivity index (χ0n) is 11.2. The van der Waals surface area contributed by atoms with E-state index in [-0.39, 0.29) is 23.5 Å². The van der Waals surface area contributed by atoms with Crippen LogP contribution in [0.25, 0.3) is 10.9 Å². The Balaban J connectivity index is 1.86. The monoisotopic (exact) mass is 326 g/mol. The van der Waals surface area contributed by atoms with Gasteiger partial charge in [0.1, 0.15) is 5.15 Å². The number of aromatic nitrogens is 1. The van der Waals surface area contributed by atoms with Crippen molar-refractivity contribution < 1.29 is 13.5 Å². The van der Waals surface area contributed by atoms with E-state index in [1.54, 1.807) is 24.3 Å². The van der Waals surface area contributed by atoms with E-state index in [1.807, 2.05) is 0 Å². The number of sulfonamides is 1. The van der Waals surface area contributed by atoms with Gasteiger partial charge in [-0.3, -0.25) is 0 Å². The maximum atomic E-state index is 12.3. The lowest BCUT2D eigenvalue weighted by atomic mass is 10.1. The summed E-state index contributed by atoms with van der Waals surface area (Å²) in [5, 5.41) is 10.3. The number of aliphatic hydroxyl groups excluding tert-OH is 1. The van der Waals surface area contributed by atoms with Gasteiger partial charge in [-0.25, -0.2) is 18.1 Å². The van der Waals surface area contributed by atoms with E-state index < -0.39 is 10.0 Å². The van der Waals surface area contributed by atoms with Crippen LogP contribution in [0.3, 0.4) is 0 Å². The van der Waals surface area contributed by atoms with Crippen LogP contribution in [0.5, 0.6) is 0 Å². The third-order valence-electron chi connectivity index (χ3n) is 3.87. The topological polar surface area (TPSA) is 79.3 Å². The normalized spacial score (nSPS) is 17.0. The van der Waals surface area contributed by atoms with E-state index in [4.69, 9.17) is 11.6 Å². The Morgan fingerprint density at radius 1 is 1.29 bits per heavy atom. The number of pyridine rings is 1. The molecule has 0 spiro atoms. The van der Waals surface area contributed by atoms with E-state index in [1.165, 1.54) is 6.07 Å². The molecule has 5 nitrogen and oxygen atoms in total. The van der Waals surface area contributed by atoms with Crippen molar-refractivity contribution in [2.45, 2.75) is 17.7 Å². The summed E-state index contributed by atoms with van der Waals surface area (Å²) in [6.45, 7) is 0.276. The molecule has 1 fully saturated rings. The molecule has 1 aliphatic rings. The SMILES string of the molecule is O=S(=O)(NCC1(CO)CC1)c1ccc2nc(Cl)ccc2c1. The van der Waals surface area contributed by atoms with E-state index in [9.17, 15) is 13.5 Å². The maximum absolute atomic E-state index is 12.3. The molecule has 0 bridgehead atoms. The largest absolute Gasteiger partial charge is 0.396 e. The van der Waals surface area contributed by atoms with Gasteiger partial charge in [0.25, 0.3) is 0 Å². The van der Waals surface area contributed by atoms with E-state index in [0.717, 1.165) is 12.8 Å². The Morgan fingerprint density at radius 2 is 2.05 bits per heavy atom. The third-order valence-corrected chi connectivity index (χ3v) is 5.48. The van der Waals surface area contributed by atoms with Gasteiger partial charge in [-0.2, -0.15) is 0 Å². The minimum atomic E-state index is -3.59. The van der Waals surface area contributed by atoms with Crippen molar-refractivity contribution in [2.24, 2.45) is 5.41 Å². The number of rotatable bonds is 5. The fourth-order valence-corrected chi connectivity index (χ4v) is 3.49. The summed E-state index contributed by atoms with van der Waals surface area (Å²) in [6, 6.07) is 8.07. The number of hydrogen-bond donors (Lipinski definition) is 2. The third kappa shape index (κ3) is 3.03. The summed E-state index contributed by atoms with van der Waals surface area (Å²) in [7, 11) is -3.59. The highest BCUT2D eigenvalue weighted by Crippen LogP contribution is 2.44. The predicted molar refractivity (Wildman–Crippen MR) is 80.7 cm³/mol. The number of benzene rings is 1. The maximum Gasteiger partial charge on any atom is 0.240 e. The van der Waals surface area contributed by atoms with Gasteiger partial charge in [0, 0.05) is 24.0 Å². The Morgan fingerprint density at radius 3 is 2.71 bits per heavy atom. The van der Waals surface area contributed by atoms with Crippen molar-refractivity contribution in [3.8, 4) is 0 Å². The number of halogens is 1. The van der Waals surface area contributed by atoms with Gasteiger partial charge in [0.05, 0.1) is 10.4 Å². The molecule has 1 heterocycles. The molecule has 1 aliphatic carbocycles. The second-order valence-corrected chi connectivity index (χ2v) is 7.63. The quantitative estimate of drug-likeness (QED) is 0.823. The van der Waals surface area contributed by atoms with Crippen LogP contribution >= 0.6 is 11.6 Å². The van der Waals surface area contributed by atoms with Crippen molar-refractivity contribution in [2.75, 3.05) is 13.2 Å².